The molecule has 7 heteroatoms. The molecule has 0 spiro atoms. The van der Waals surface area contributed by atoms with E-state index < -0.39 is 0 Å². The molecule has 0 bridgehead atoms. The minimum absolute atomic E-state index is 0.311. The number of nitrogen functional groups attached to an aromatic ring is 1. The van der Waals surface area contributed by atoms with Gasteiger partial charge in [-0.15, -0.1) is 0 Å². The van der Waals surface area contributed by atoms with Gasteiger partial charge in [0.05, 0.1) is 11.4 Å². The van der Waals surface area contributed by atoms with Crippen LogP contribution in [0.5, 0.6) is 0 Å². The highest BCUT2D eigenvalue weighted by Crippen LogP contribution is 2.31. The van der Waals surface area contributed by atoms with Gasteiger partial charge in [0.1, 0.15) is 17.9 Å². The molecule has 0 unspecified atom stereocenters. The Morgan fingerprint density at radius 3 is 2.69 bits per heavy atom. The summed E-state index contributed by atoms with van der Waals surface area (Å²) in [5.41, 5.74) is 10.7. The van der Waals surface area contributed by atoms with Gasteiger partial charge in [0.2, 0.25) is 12.3 Å². The highest BCUT2D eigenvalue weighted by atomic mass is 16.3. The first-order valence-electron chi connectivity index (χ1n) is 9.29. The van der Waals surface area contributed by atoms with Gasteiger partial charge in [0.15, 0.2) is 0 Å². The van der Waals surface area contributed by atoms with Gasteiger partial charge in [-0.3, -0.25) is 4.79 Å². The van der Waals surface area contributed by atoms with Gasteiger partial charge in [0.25, 0.3) is 0 Å². The van der Waals surface area contributed by atoms with E-state index in [-0.39, 0.29) is 0 Å². The van der Waals surface area contributed by atoms with Gasteiger partial charge >= 0.3 is 0 Å². The fourth-order valence-corrected chi connectivity index (χ4v) is 3.22. The minimum Gasteiger partial charge on any atom is -0.444 e. The number of carbonyl (C=O) groups is 1. The summed E-state index contributed by atoms with van der Waals surface area (Å²) in [5.74, 6) is 1.76. The summed E-state index contributed by atoms with van der Waals surface area (Å²) in [6.45, 7) is 6.17. The largest absolute Gasteiger partial charge is 0.444 e. The number of aryl methyl sites for hydroxylation is 1. The van der Waals surface area contributed by atoms with Crippen molar-refractivity contribution in [3.05, 3.63) is 54.0 Å². The van der Waals surface area contributed by atoms with Crippen LogP contribution < -0.4 is 11.1 Å². The van der Waals surface area contributed by atoms with Gasteiger partial charge in [-0.1, -0.05) is 19.9 Å². The summed E-state index contributed by atoms with van der Waals surface area (Å²) in [6.07, 6.45) is 3.90. The lowest BCUT2D eigenvalue weighted by Gasteiger charge is -2.10. The molecule has 29 heavy (non-hydrogen) atoms. The second kappa shape index (κ2) is 7.35. The monoisotopic (exact) mass is 387 g/mol. The van der Waals surface area contributed by atoms with E-state index in [1.54, 1.807) is 18.5 Å². The van der Waals surface area contributed by atoms with Crippen molar-refractivity contribution in [1.82, 2.24) is 15.0 Å². The van der Waals surface area contributed by atoms with E-state index in [9.17, 15) is 4.79 Å². The minimum atomic E-state index is 0.311. The number of aromatic nitrogens is 3. The maximum atomic E-state index is 10.7. The number of amides is 1. The Hall–Kier alpha value is -3.74. The van der Waals surface area contributed by atoms with Crippen LogP contribution in [-0.4, -0.2) is 21.4 Å². The molecular formula is C22H21N5O2. The maximum absolute atomic E-state index is 10.7. The first kappa shape index (κ1) is 18.6. The van der Waals surface area contributed by atoms with E-state index in [1.165, 1.54) is 0 Å². The average molecular weight is 387 g/mol. The molecule has 0 saturated heterocycles. The quantitative estimate of drug-likeness (QED) is 0.487. The lowest BCUT2D eigenvalue weighted by molar-refractivity contribution is -0.105. The Bertz CT molecular complexity index is 1210. The second-order valence-electron chi connectivity index (χ2n) is 7.21. The number of rotatable bonds is 5. The Morgan fingerprint density at radius 2 is 2.00 bits per heavy atom. The zero-order valence-electron chi connectivity index (χ0n) is 16.4. The molecule has 3 heterocycles. The Balaban J connectivity index is 1.75. The third-order valence-corrected chi connectivity index (χ3v) is 4.81. The first-order chi connectivity index (χ1) is 14.0. The predicted octanol–water partition coefficient (Wildman–Crippen LogP) is 4.53. The molecule has 0 fully saturated rings. The number of nitrogens with two attached hydrogens (primary N) is 1. The van der Waals surface area contributed by atoms with Crippen LogP contribution in [0, 0.1) is 6.92 Å². The molecule has 0 atom stereocenters. The van der Waals surface area contributed by atoms with Crippen LogP contribution in [0.4, 0.5) is 11.6 Å². The fourth-order valence-electron chi connectivity index (χ4n) is 3.22. The number of oxazole rings is 1. The summed E-state index contributed by atoms with van der Waals surface area (Å²) in [4.78, 5) is 24.0. The molecule has 1 aromatic carbocycles. The molecule has 0 saturated carbocycles. The molecule has 146 valence electrons. The summed E-state index contributed by atoms with van der Waals surface area (Å²) < 4.78 is 5.64. The first-order valence-corrected chi connectivity index (χ1v) is 9.29. The molecule has 0 radical (unpaired) electrons. The maximum Gasteiger partial charge on any atom is 0.226 e. The SMILES string of the molecule is Cc1cc(-c2nc(C(C)C)co2)ccc1-c1cc2cc(NC=O)ncc2c(N)n1. The van der Waals surface area contributed by atoms with E-state index in [0.717, 1.165) is 38.9 Å². The average Bonchev–Trinajstić information content (AvgIpc) is 3.18. The van der Waals surface area contributed by atoms with Crippen LogP contribution in [-0.2, 0) is 4.79 Å². The number of pyridine rings is 2. The van der Waals surface area contributed by atoms with Crippen molar-refractivity contribution in [3.8, 4) is 22.7 Å². The van der Waals surface area contributed by atoms with E-state index in [1.807, 2.05) is 31.2 Å². The predicted molar refractivity (Wildman–Crippen MR) is 113 cm³/mol. The number of carbonyl (C=O) groups excluding carboxylic acids is 1. The normalized spacial score (nSPS) is 11.2. The van der Waals surface area contributed by atoms with Crippen molar-refractivity contribution in [2.24, 2.45) is 0 Å². The van der Waals surface area contributed by atoms with E-state index in [4.69, 9.17) is 10.2 Å². The molecule has 0 aliphatic carbocycles. The van der Waals surface area contributed by atoms with Crippen LogP contribution in [0.2, 0.25) is 0 Å². The molecule has 4 aromatic rings. The van der Waals surface area contributed by atoms with Crippen LogP contribution in [0.15, 0.2) is 47.2 Å². The second-order valence-corrected chi connectivity index (χ2v) is 7.21. The van der Waals surface area contributed by atoms with E-state index >= 15 is 0 Å². The third-order valence-electron chi connectivity index (χ3n) is 4.81. The number of hydrogen-bond acceptors (Lipinski definition) is 6. The molecule has 0 aliphatic heterocycles. The van der Waals surface area contributed by atoms with Crippen molar-refractivity contribution in [3.63, 3.8) is 0 Å². The van der Waals surface area contributed by atoms with Gasteiger partial charge in [-0.2, -0.15) is 0 Å². The lowest BCUT2D eigenvalue weighted by Crippen LogP contribution is -1.99. The number of hydrogen-bond donors (Lipinski definition) is 2. The number of anilines is 2. The number of benzene rings is 1. The van der Waals surface area contributed by atoms with Crippen molar-refractivity contribution in [2.45, 2.75) is 26.7 Å². The molecule has 4 rings (SSSR count). The van der Waals surface area contributed by atoms with Crippen molar-refractivity contribution < 1.29 is 9.21 Å². The van der Waals surface area contributed by atoms with Crippen LogP contribution in [0.1, 0.15) is 31.0 Å². The molecule has 7 nitrogen and oxygen atoms in total. The van der Waals surface area contributed by atoms with Crippen LogP contribution >= 0.6 is 0 Å². The molecule has 0 aliphatic rings. The Morgan fingerprint density at radius 1 is 1.17 bits per heavy atom. The molecule has 3 aromatic heterocycles. The Labute approximate surface area is 168 Å². The van der Waals surface area contributed by atoms with Gasteiger partial charge in [-0.25, -0.2) is 15.0 Å². The topological polar surface area (TPSA) is 107 Å². The summed E-state index contributed by atoms with van der Waals surface area (Å²) in [5, 5.41) is 4.14. The summed E-state index contributed by atoms with van der Waals surface area (Å²) in [6, 6.07) is 9.69. The van der Waals surface area contributed by atoms with Crippen molar-refractivity contribution in [2.75, 3.05) is 11.1 Å². The summed E-state index contributed by atoms with van der Waals surface area (Å²) >= 11 is 0. The highest BCUT2D eigenvalue weighted by Gasteiger charge is 2.13. The number of nitrogens with one attached hydrogen (secondary N) is 1. The van der Waals surface area contributed by atoms with Crippen LogP contribution in [0.3, 0.4) is 0 Å². The summed E-state index contributed by atoms with van der Waals surface area (Å²) in [7, 11) is 0. The fraction of sp³-hybridized carbons (Fsp3) is 0.182. The van der Waals surface area contributed by atoms with Crippen molar-refractivity contribution in [1.29, 1.82) is 0 Å². The zero-order valence-corrected chi connectivity index (χ0v) is 16.4. The van der Waals surface area contributed by atoms with Gasteiger partial charge in [0, 0.05) is 22.7 Å². The Kier molecular flexibility index (Phi) is 4.72. The van der Waals surface area contributed by atoms with E-state index in [0.29, 0.717) is 29.9 Å². The standard InChI is InChI=1S/C22H21N5O2/c1-12(2)19-10-29-22(27-19)14-4-5-16(13(3)6-14)18-7-15-8-20(25-11-28)24-9-17(15)21(23)26-18/h4-12H,1-3H3,(H2,23,26)(H,24,25,28). The molecular weight excluding hydrogens is 366 g/mol. The molecule has 1 amide bonds. The smallest absolute Gasteiger partial charge is 0.226 e. The third kappa shape index (κ3) is 3.54. The highest BCUT2D eigenvalue weighted by molar-refractivity contribution is 5.95. The van der Waals surface area contributed by atoms with Crippen molar-refractivity contribution >= 4 is 28.8 Å². The lowest BCUT2D eigenvalue weighted by atomic mass is 10.0. The molecule has 3 N–H and O–H groups in total. The zero-order chi connectivity index (χ0) is 20.5. The number of fused-ring (bicyclic) bond motifs is 1. The van der Waals surface area contributed by atoms with Gasteiger partial charge in [-0.05, 0) is 48.1 Å². The van der Waals surface area contributed by atoms with E-state index in [2.05, 4.69) is 34.1 Å². The van der Waals surface area contributed by atoms with Gasteiger partial charge < -0.3 is 15.5 Å². The number of nitrogens with zero attached hydrogens (tertiary/aromatic N) is 3. The van der Waals surface area contributed by atoms with Crippen LogP contribution in [0.25, 0.3) is 33.5 Å².